The first-order valence-electron chi connectivity index (χ1n) is 8.33. The van der Waals surface area contributed by atoms with Gasteiger partial charge in [-0.15, -0.1) is 0 Å². The molecule has 0 bridgehead atoms. The molecular formula is C20H23NO6. The zero-order chi connectivity index (χ0) is 19.8. The number of benzene rings is 2. The highest BCUT2D eigenvalue weighted by molar-refractivity contribution is 5.94. The smallest absolute Gasteiger partial charge is 0.335 e. The number of anilines is 1. The van der Waals surface area contributed by atoms with Crippen molar-refractivity contribution in [2.24, 2.45) is 0 Å². The summed E-state index contributed by atoms with van der Waals surface area (Å²) in [5, 5.41) is 11.9. The zero-order valence-corrected chi connectivity index (χ0v) is 15.6. The van der Waals surface area contributed by atoms with Gasteiger partial charge in [0.05, 0.1) is 26.4 Å². The molecule has 0 spiro atoms. The Morgan fingerprint density at radius 3 is 2.33 bits per heavy atom. The fourth-order valence-electron chi connectivity index (χ4n) is 2.66. The Kier molecular flexibility index (Phi) is 7.19. The van der Waals surface area contributed by atoms with E-state index >= 15 is 0 Å². The Hall–Kier alpha value is -3.06. The van der Waals surface area contributed by atoms with Crippen LogP contribution in [0.1, 0.15) is 27.9 Å². The van der Waals surface area contributed by atoms with Gasteiger partial charge in [0, 0.05) is 19.2 Å². The third kappa shape index (κ3) is 5.72. The van der Waals surface area contributed by atoms with Crippen LogP contribution in [0, 0.1) is 0 Å². The summed E-state index contributed by atoms with van der Waals surface area (Å²) < 4.78 is 15.5. The predicted octanol–water partition coefficient (Wildman–Crippen LogP) is 3.12. The van der Waals surface area contributed by atoms with E-state index in [0.717, 1.165) is 5.56 Å². The van der Waals surface area contributed by atoms with Crippen LogP contribution in [0.4, 0.5) is 5.69 Å². The Bertz CT molecular complexity index is 818. The van der Waals surface area contributed by atoms with E-state index in [-0.39, 0.29) is 24.5 Å². The number of hydrogen-bond acceptors (Lipinski definition) is 5. The number of aromatic carboxylic acids is 1. The highest BCUT2D eigenvalue weighted by Crippen LogP contribution is 2.28. The maximum Gasteiger partial charge on any atom is 0.335 e. The van der Waals surface area contributed by atoms with Crippen molar-refractivity contribution in [2.45, 2.75) is 19.4 Å². The average molecular weight is 373 g/mol. The second-order valence-corrected chi connectivity index (χ2v) is 5.89. The molecule has 1 amide bonds. The standard InChI is InChI=1S/C20H23NO6/c1-25-12-14-8-15(20(23)24)11-16(9-14)21-19(22)7-5-13-4-6-17(26-2)18(10-13)27-3/h4,6,8-11H,5,7,12H2,1-3H3,(H,21,22)(H,23,24). The van der Waals surface area contributed by atoms with Crippen LogP contribution in [-0.2, 0) is 22.6 Å². The molecule has 0 heterocycles. The monoisotopic (exact) mass is 373 g/mol. The molecule has 2 aromatic rings. The molecule has 2 rings (SSSR count). The molecule has 0 atom stereocenters. The van der Waals surface area contributed by atoms with Crippen molar-refractivity contribution in [3.8, 4) is 11.5 Å². The lowest BCUT2D eigenvalue weighted by Crippen LogP contribution is -2.13. The first kappa shape index (κ1) is 20.3. The Morgan fingerprint density at radius 1 is 0.963 bits per heavy atom. The fraction of sp³-hybridized carbons (Fsp3) is 0.300. The van der Waals surface area contributed by atoms with E-state index in [9.17, 15) is 14.7 Å². The highest BCUT2D eigenvalue weighted by atomic mass is 16.5. The fourth-order valence-corrected chi connectivity index (χ4v) is 2.66. The summed E-state index contributed by atoms with van der Waals surface area (Å²) in [5.41, 5.74) is 2.13. The van der Waals surface area contributed by atoms with Gasteiger partial charge in [0.15, 0.2) is 11.5 Å². The largest absolute Gasteiger partial charge is 0.493 e. The van der Waals surface area contributed by atoms with Crippen molar-refractivity contribution in [3.63, 3.8) is 0 Å². The zero-order valence-electron chi connectivity index (χ0n) is 15.6. The van der Waals surface area contributed by atoms with Gasteiger partial charge < -0.3 is 24.6 Å². The maximum absolute atomic E-state index is 12.3. The number of methoxy groups -OCH3 is 3. The molecule has 0 saturated carbocycles. The summed E-state index contributed by atoms with van der Waals surface area (Å²) in [4.78, 5) is 23.5. The van der Waals surface area contributed by atoms with E-state index in [1.165, 1.54) is 19.2 Å². The number of nitrogens with one attached hydrogen (secondary N) is 1. The summed E-state index contributed by atoms with van der Waals surface area (Å²) in [7, 11) is 4.64. The van der Waals surface area contributed by atoms with Crippen LogP contribution in [0.3, 0.4) is 0 Å². The van der Waals surface area contributed by atoms with Gasteiger partial charge >= 0.3 is 5.97 Å². The van der Waals surface area contributed by atoms with Gasteiger partial charge in [0.25, 0.3) is 0 Å². The van der Waals surface area contributed by atoms with Crippen molar-refractivity contribution in [3.05, 3.63) is 53.1 Å². The van der Waals surface area contributed by atoms with E-state index in [4.69, 9.17) is 14.2 Å². The van der Waals surface area contributed by atoms with Crippen LogP contribution < -0.4 is 14.8 Å². The number of aryl methyl sites for hydroxylation is 1. The highest BCUT2D eigenvalue weighted by Gasteiger charge is 2.11. The number of carboxylic acid groups (broad SMARTS) is 1. The van der Waals surface area contributed by atoms with Crippen molar-refractivity contribution in [2.75, 3.05) is 26.6 Å². The van der Waals surface area contributed by atoms with Gasteiger partial charge in [0.2, 0.25) is 5.91 Å². The number of carbonyl (C=O) groups is 2. The molecule has 144 valence electrons. The van der Waals surface area contributed by atoms with Crippen LogP contribution in [0.15, 0.2) is 36.4 Å². The topological polar surface area (TPSA) is 94.1 Å². The lowest BCUT2D eigenvalue weighted by Gasteiger charge is -2.11. The molecule has 7 heteroatoms. The molecule has 0 unspecified atom stereocenters. The molecule has 0 aliphatic carbocycles. The lowest BCUT2D eigenvalue weighted by atomic mass is 10.1. The third-order valence-electron chi connectivity index (χ3n) is 3.92. The summed E-state index contributed by atoms with van der Waals surface area (Å²) in [6.07, 6.45) is 0.752. The molecular weight excluding hydrogens is 350 g/mol. The van der Waals surface area contributed by atoms with Gasteiger partial charge in [-0.1, -0.05) is 6.07 Å². The van der Waals surface area contributed by atoms with E-state index < -0.39 is 5.97 Å². The van der Waals surface area contributed by atoms with E-state index in [1.807, 2.05) is 12.1 Å². The molecule has 0 fully saturated rings. The Labute approximate surface area is 157 Å². The molecule has 2 N–H and O–H groups in total. The van der Waals surface area contributed by atoms with Crippen molar-refractivity contribution >= 4 is 17.6 Å². The third-order valence-corrected chi connectivity index (χ3v) is 3.92. The molecule has 0 aromatic heterocycles. The molecule has 0 radical (unpaired) electrons. The number of hydrogen-bond donors (Lipinski definition) is 2. The Balaban J connectivity index is 2.04. The van der Waals surface area contributed by atoms with Crippen molar-refractivity contribution in [1.82, 2.24) is 0 Å². The molecule has 2 aromatic carbocycles. The van der Waals surface area contributed by atoms with Crippen molar-refractivity contribution < 1.29 is 28.9 Å². The normalized spacial score (nSPS) is 10.3. The number of rotatable bonds is 9. The minimum absolute atomic E-state index is 0.0970. The minimum atomic E-state index is -1.06. The maximum atomic E-state index is 12.3. The second-order valence-electron chi connectivity index (χ2n) is 5.89. The molecule has 7 nitrogen and oxygen atoms in total. The molecule has 0 aliphatic rings. The molecule has 0 aliphatic heterocycles. The lowest BCUT2D eigenvalue weighted by molar-refractivity contribution is -0.116. The minimum Gasteiger partial charge on any atom is -0.493 e. The number of ether oxygens (including phenoxy) is 3. The second kappa shape index (κ2) is 9.59. The van der Waals surface area contributed by atoms with E-state index in [1.54, 1.807) is 26.4 Å². The van der Waals surface area contributed by atoms with Gasteiger partial charge in [0.1, 0.15) is 0 Å². The van der Waals surface area contributed by atoms with E-state index in [0.29, 0.717) is 29.2 Å². The quantitative estimate of drug-likeness (QED) is 0.701. The first-order chi connectivity index (χ1) is 13.0. The van der Waals surface area contributed by atoms with Gasteiger partial charge in [-0.25, -0.2) is 4.79 Å². The van der Waals surface area contributed by atoms with Crippen LogP contribution in [0.5, 0.6) is 11.5 Å². The van der Waals surface area contributed by atoms with Crippen molar-refractivity contribution in [1.29, 1.82) is 0 Å². The number of carbonyl (C=O) groups excluding carboxylic acids is 1. The average Bonchev–Trinajstić information content (AvgIpc) is 2.66. The SMILES string of the molecule is COCc1cc(NC(=O)CCc2ccc(OC)c(OC)c2)cc(C(=O)O)c1. The Morgan fingerprint density at radius 2 is 1.70 bits per heavy atom. The summed E-state index contributed by atoms with van der Waals surface area (Å²) in [6.45, 7) is 0.260. The van der Waals surface area contributed by atoms with Gasteiger partial charge in [-0.05, 0) is 47.9 Å². The van der Waals surface area contributed by atoms with E-state index in [2.05, 4.69) is 5.32 Å². The van der Waals surface area contributed by atoms with Crippen LogP contribution in [-0.4, -0.2) is 38.3 Å². The van der Waals surface area contributed by atoms with Gasteiger partial charge in [-0.3, -0.25) is 4.79 Å². The molecule has 27 heavy (non-hydrogen) atoms. The molecule has 0 saturated heterocycles. The van der Waals surface area contributed by atoms with Crippen LogP contribution >= 0.6 is 0 Å². The van der Waals surface area contributed by atoms with Crippen LogP contribution in [0.25, 0.3) is 0 Å². The van der Waals surface area contributed by atoms with Crippen LogP contribution in [0.2, 0.25) is 0 Å². The first-order valence-corrected chi connectivity index (χ1v) is 8.33. The summed E-state index contributed by atoms with van der Waals surface area (Å²) in [5.74, 6) is -0.0416. The van der Waals surface area contributed by atoms with Gasteiger partial charge in [-0.2, -0.15) is 0 Å². The summed E-state index contributed by atoms with van der Waals surface area (Å²) in [6, 6.07) is 10.1. The number of amides is 1. The summed E-state index contributed by atoms with van der Waals surface area (Å²) >= 11 is 0. The predicted molar refractivity (Wildman–Crippen MR) is 101 cm³/mol. The number of carboxylic acids is 1.